The molecule has 0 aromatic heterocycles. The molecule has 0 saturated heterocycles. The second-order valence-electron chi connectivity index (χ2n) is 5.49. The fourth-order valence-corrected chi connectivity index (χ4v) is 2.45. The van der Waals surface area contributed by atoms with Gasteiger partial charge in [-0.05, 0) is 66.7 Å². The molecule has 1 aliphatic carbocycles. The van der Waals surface area contributed by atoms with Crippen molar-refractivity contribution in [3.63, 3.8) is 0 Å². The molecule has 110 valence electrons. The Morgan fingerprint density at radius 3 is 2.75 bits per heavy atom. The summed E-state index contributed by atoms with van der Waals surface area (Å²) in [5, 5.41) is 2.94. The molecule has 3 N–H and O–H groups in total. The van der Waals surface area contributed by atoms with Crippen LogP contribution in [-0.2, 0) is 11.2 Å². The van der Waals surface area contributed by atoms with Gasteiger partial charge in [0.2, 0.25) is 0 Å². The molecule has 5 heteroatoms. The summed E-state index contributed by atoms with van der Waals surface area (Å²) in [6.07, 6.45) is 2.48. The van der Waals surface area contributed by atoms with E-state index in [0.717, 1.165) is 29.3 Å². The zero-order chi connectivity index (χ0) is 14.7. The third-order valence-electron chi connectivity index (χ3n) is 3.15. The number of hydrogen-bond donors (Lipinski definition) is 2. The van der Waals surface area contributed by atoms with Gasteiger partial charge >= 0.3 is 0 Å². The van der Waals surface area contributed by atoms with Crippen molar-refractivity contribution in [2.75, 3.05) is 0 Å². The lowest BCUT2D eigenvalue weighted by Crippen LogP contribution is -2.37. The van der Waals surface area contributed by atoms with Gasteiger partial charge in [-0.2, -0.15) is 0 Å². The fraction of sp³-hybridized carbons (Fsp3) is 0.533. The lowest BCUT2D eigenvalue weighted by Gasteiger charge is -2.16. The van der Waals surface area contributed by atoms with Crippen molar-refractivity contribution in [3.8, 4) is 5.75 Å². The van der Waals surface area contributed by atoms with Crippen LogP contribution in [-0.4, -0.2) is 24.1 Å². The Labute approximate surface area is 128 Å². The maximum atomic E-state index is 11.9. The van der Waals surface area contributed by atoms with Gasteiger partial charge in [0.25, 0.3) is 5.91 Å². The Morgan fingerprint density at radius 1 is 1.50 bits per heavy atom. The van der Waals surface area contributed by atoms with Gasteiger partial charge < -0.3 is 15.8 Å². The number of carbonyl (C=O) groups excluding carboxylic acids is 1. The summed E-state index contributed by atoms with van der Waals surface area (Å²) in [6, 6.07) is 6.32. The molecule has 0 aliphatic heterocycles. The lowest BCUT2D eigenvalue weighted by atomic mass is 10.1. The number of hydrogen-bond acceptors (Lipinski definition) is 3. The Bertz CT molecular complexity index is 487. The van der Waals surface area contributed by atoms with E-state index >= 15 is 0 Å². The average Bonchev–Trinajstić information content (AvgIpc) is 3.15. The quantitative estimate of drug-likeness (QED) is 0.835. The summed E-state index contributed by atoms with van der Waals surface area (Å²) in [7, 11) is 0. The van der Waals surface area contributed by atoms with Crippen molar-refractivity contribution in [3.05, 3.63) is 28.2 Å². The predicted molar refractivity (Wildman–Crippen MR) is 82.8 cm³/mol. The minimum absolute atomic E-state index is 0.0564. The number of amides is 1. The van der Waals surface area contributed by atoms with E-state index in [9.17, 15) is 4.79 Å². The minimum Gasteiger partial charge on any atom is -0.480 e. The number of rotatable bonds is 6. The van der Waals surface area contributed by atoms with Crippen molar-refractivity contribution in [2.45, 2.75) is 51.3 Å². The van der Waals surface area contributed by atoms with Crippen LogP contribution in [0.3, 0.4) is 0 Å². The number of benzene rings is 1. The lowest BCUT2D eigenvalue weighted by molar-refractivity contribution is -0.127. The van der Waals surface area contributed by atoms with E-state index < -0.39 is 6.10 Å². The molecule has 20 heavy (non-hydrogen) atoms. The summed E-state index contributed by atoms with van der Waals surface area (Å²) in [6.45, 7) is 3.74. The minimum atomic E-state index is -0.494. The van der Waals surface area contributed by atoms with Crippen LogP contribution in [0.15, 0.2) is 22.7 Å². The topological polar surface area (TPSA) is 64.3 Å². The van der Waals surface area contributed by atoms with E-state index in [2.05, 4.69) is 21.2 Å². The summed E-state index contributed by atoms with van der Waals surface area (Å²) >= 11 is 3.48. The summed E-state index contributed by atoms with van der Waals surface area (Å²) < 4.78 is 6.55. The number of carbonyl (C=O) groups is 1. The van der Waals surface area contributed by atoms with Crippen molar-refractivity contribution < 1.29 is 9.53 Å². The van der Waals surface area contributed by atoms with E-state index in [1.807, 2.05) is 25.1 Å². The van der Waals surface area contributed by atoms with Crippen LogP contribution in [0, 0.1) is 0 Å². The highest BCUT2D eigenvalue weighted by Crippen LogP contribution is 2.27. The normalized spacial score (nSPS) is 17.4. The third kappa shape index (κ3) is 4.49. The van der Waals surface area contributed by atoms with Crippen molar-refractivity contribution in [1.82, 2.24) is 5.32 Å². The Hall–Kier alpha value is -1.07. The van der Waals surface area contributed by atoms with Crippen molar-refractivity contribution in [1.29, 1.82) is 0 Å². The second kappa shape index (κ2) is 6.59. The first kappa shape index (κ1) is 15.3. The molecule has 1 aromatic carbocycles. The average molecular weight is 341 g/mol. The van der Waals surface area contributed by atoms with Gasteiger partial charge in [-0.25, -0.2) is 0 Å². The molecule has 0 heterocycles. The molecule has 1 aliphatic rings. The molecule has 2 rings (SSSR count). The van der Waals surface area contributed by atoms with Crippen LogP contribution in [0.25, 0.3) is 0 Å². The standard InChI is InChI=1S/C15H21BrN2O2/c1-9(17)7-11-3-6-14(13(16)8-11)20-10(2)15(19)18-12-4-5-12/h3,6,8-10,12H,4-5,7,17H2,1-2H3,(H,18,19). The van der Waals surface area contributed by atoms with E-state index in [1.165, 1.54) is 0 Å². The van der Waals surface area contributed by atoms with Gasteiger partial charge in [0.15, 0.2) is 6.10 Å². The molecule has 1 amide bonds. The van der Waals surface area contributed by atoms with Crippen LogP contribution < -0.4 is 15.8 Å². The molecule has 4 nitrogen and oxygen atoms in total. The number of ether oxygens (including phenoxy) is 1. The van der Waals surface area contributed by atoms with Crippen LogP contribution in [0.2, 0.25) is 0 Å². The number of nitrogens with two attached hydrogens (primary N) is 1. The maximum Gasteiger partial charge on any atom is 0.260 e. The monoisotopic (exact) mass is 340 g/mol. The fourth-order valence-electron chi connectivity index (χ4n) is 1.93. The maximum absolute atomic E-state index is 11.9. The first-order valence-electron chi connectivity index (χ1n) is 6.96. The van der Waals surface area contributed by atoms with Gasteiger partial charge in [0, 0.05) is 12.1 Å². The van der Waals surface area contributed by atoms with Gasteiger partial charge in [-0.3, -0.25) is 4.79 Å². The molecule has 1 fully saturated rings. The van der Waals surface area contributed by atoms with Crippen LogP contribution in [0.1, 0.15) is 32.3 Å². The summed E-state index contributed by atoms with van der Waals surface area (Å²) in [5.74, 6) is 0.621. The molecule has 0 bridgehead atoms. The highest BCUT2D eigenvalue weighted by molar-refractivity contribution is 9.10. The predicted octanol–water partition coefficient (Wildman–Crippen LogP) is 2.38. The van der Waals surface area contributed by atoms with E-state index in [0.29, 0.717) is 11.8 Å². The molecular weight excluding hydrogens is 320 g/mol. The van der Waals surface area contributed by atoms with E-state index in [4.69, 9.17) is 10.5 Å². The first-order chi connectivity index (χ1) is 9.45. The van der Waals surface area contributed by atoms with Gasteiger partial charge in [0.1, 0.15) is 5.75 Å². The van der Waals surface area contributed by atoms with Crippen molar-refractivity contribution >= 4 is 21.8 Å². The Balaban J connectivity index is 1.95. The van der Waals surface area contributed by atoms with Gasteiger partial charge in [-0.1, -0.05) is 6.07 Å². The zero-order valence-corrected chi connectivity index (χ0v) is 13.4. The second-order valence-corrected chi connectivity index (χ2v) is 6.34. The molecule has 2 atom stereocenters. The summed E-state index contributed by atoms with van der Waals surface area (Å²) in [5.41, 5.74) is 6.93. The molecule has 2 unspecified atom stereocenters. The highest BCUT2D eigenvalue weighted by Gasteiger charge is 2.26. The largest absolute Gasteiger partial charge is 0.480 e. The highest BCUT2D eigenvalue weighted by atomic mass is 79.9. The molecule has 0 radical (unpaired) electrons. The van der Waals surface area contributed by atoms with Crippen LogP contribution >= 0.6 is 15.9 Å². The van der Waals surface area contributed by atoms with Gasteiger partial charge in [-0.15, -0.1) is 0 Å². The van der Waals surface area contributed by atoms with E-state index in [1.54, 1.807) is 6.92 Å². The Morgan fingerprint density at radius 2 is 2.20 bits per heavy atom. The van der Waals surface area contributed by atoms with E-state index in [-0.39, 0.29) is 11.9 Å². The van der Waals surface area contributed by atoms with Gasteiger partial charge in [0.05, 0.1) is 4.47 Å². The van der Waals surface area contributed by atoms with Crippen molar-refractivity contribution in [2.24, 2.45) is 5.73 Å². The Kier molecular flexibility index (Phi) is 5.05. The summed E-state index contributed by atoms with van der Waals surface area (Å²) in [4.78, 5) is 11.9. The number of halogens is 1. The molecular formula is C15H21BrN2O2. The molecule has 0 spiro atoms. The third-order valence-corrected chi connectivity index (χ3v) is 3.77. The first-order valence-corrected chi connectivity index (χ1v) is 7.76. The SMILES string of the molecule is CC(N)Cc1ccc(OC(C)C(=O)NC2CC2)c(Br)c1. The molecule has 1 aromatic rings. The van der Waals surface area contributed by atoms with Crippen LogP contribution in [0.5, 0.6) is 5.75 Å². The van der Waals surface area contributed by atoms with Crippen LogP contribution in [0.4, 0.5) is 0 Å². The smallest absolute Gasteiger partial charge is 0.260 e. The number of nitrogens with one attached hydrogen (secondary N) is 1. The molecule has 1 saturated carbocycles. The zero-order valence-electron chi connectivity index (χ0n) is 11.9.